The molecule has 2 rings (SSSR count). The molecule has 0 saturated carbocycles. The van der Waals surface area contributed by atoms with Gasteiger partial charge >= 0.3 is 0 Å². The Morgan fingerprint density at radius 3 is 2.57 bits per heavy atom. The van der Waals surface area contributed by atoms with Crippen LogP contribution in [-0.2, 0) is 5.11 Å². The van der Waals surface area contributed by atoms with E-state index in [1.54, 1.807) is 12.1 Å². The van der Waals surface area contributed by atoms with Gasteiger partial charge in [0.15, 0.2) is 12.0 Å². The van der Waals surface area contributed by atoms with Crippen molar-refractivity contribution in [2.24, 2.45) is 0 Å². The van der Waals surface area contributed by atoms with E-state index in [0.29, 0.717) is 11.7 Å². The van der Waals surface area contributed by atoms with Gasteiger partial charge in [-0.3, -0.25) is 9.90 Å². The average Bonchev–Trinajstić information content (AvgIpc) is 2.17. The summed E-state index contributed by atoms with van der Waals surface area (Å²) in [5, 5.41) is 21.7. The van der Waals surface area contributed by atoms with Crippen LogP contribution < -0.4 is 0 Å². The summed E-state index contributed by atoms with van der Waals surface area (Å²) >= 11 is 0. The zero-order chi connectivity index (χ0) is 10.1. The maximum atomic E-state index is 11.1. The van der Waals surface area contributed by atoms with Crippen molar-refractivity contribution in [3.63, 3.8) is 0 Å². The van der Waals surface area contributed by atoms with Crippen LogP contribution in [0.2, 0.25) is 0 Å². The number of benzene rings is 2. The molecule has 0 aliphatic heterocycles. The summed E-state index contributed by atoms with van der Waals surface area (Å²) in [6.45, 7) is 0. The van der Waals surface area contributed by atoms with Gasteiger partial charge in [-0.05, 0) is 29.0 Å². The second-order valence-corrected chi connectivity index (χ2v) is 3.00. The van der Waals surface area contributed by atoms with Gasteiger partial charge in [-0.15, -0.1) is 0 Å². The highest BCUT2D eigenvalue weighted by atomic mass is 16.3. The Hall–Kier alpha value is -2.03. The molecular formula is C11H7O3. The zero-order valence-electron chi connectivity index (χ0n) is 7.23. The normalized spacial score (nSPS) is 10.3. The summed E-state index contributed by atoms with van der Waals surface area (Å²) in [5.41, 5.74) is 0.167. The van der Waals surface area contributed by atoms with Crippen LogP contribution in [0.15, 0.2) is 30.3 Å². The molecule has 3 nitrogen and oxygen atoms in total. The first-order valence-corrected chi connectivity index (χ1v) is 4.10. The number of hydrogen-bond donors (Lipinski definition) is 1. The second kappa shape index (κ2) is 3.03. The van der Waals surface area contributed by atoms with Crippen molar-refractivity contribution in [1.82, 2.24) is 0 Å². The maximum Gasteiger partial charge on any atom is 0.179 e. The van der Waals surface area contributed by atoms with Crippen LogP contribution in [0.4, 0.5) is 0 Å². The summed E-state index contributed by atoms with van der Waals surface area (Å²) in [6, 6.07) is 7.50. The van der Waals surface area contributed by atoms with Crippen LogP contribution in [0.3, 0.4) is 0 Å². The average molecular weight is 187 g/mol. The lowest BCUT2D eigenvalue weighted by Gasteiger charge is -2.02. The Morgan fingerprint density at radius 2 is 1.86 bits per heavy atom. The lowest BCUT2D eigenvalue weighted by molar-refractivity contribution is 0.112. The fourth-order valence-electron chi connectivity index (χ4n) is 1.43. The van der Waals surface area contributed by atoms with E-state index >= 15 is 0 Å². The molecule has 14 heavy (non-hydrogen) atoms. The van der Waals surface area contributed by atoms with E-state index in [9.17, 15) is 15.0 Å². The minimum absolute atomic E-state index is 0.0990. The predicted octanol–water partition coefficient (Wildman–Crippen LogP) is 2.50. The molecule has 69 valence electrons. The van der Waals surface area contributed by atoms with Crippen molar-refractivity contribution in [1.29, 1.82) is 0 Å². The molecule has 1 radical (unpaired) electrons. The molecule has 0 fully saturated rings. The first kappa shape index (κ1) is 8.56. The number of carbonyl (C=O) groups excluding carboxylic acids is 1. The highest BCUT2D eigenvalue weighted by molar-refractivity contribution is 6.01. The van der Waals surface area contributed by atoms with Crippen LogP contribution >= 0.6 is 0 Å². The van der Waals surface area contributed by atoms with E-state index in [1.807, 2.05) is 0 Å². The topological polar surface area (TPSA) is 57.2 Å². The third-order valence-corrected chi connectivity index (χ3v) is 2.13. The van der Waals surface area contributed by atoms with Crippen molar-refractivity contribution in [2.75, 3.05) is 0 Å². The molecule has 0 aromatic heterocycles. The van der Waals surface area contributed by atoms with Crippen LogP contribution in [0, 0.1) is 0 Å². The van der Waals surface area contributed by atoms with E-state index in [4.69, 9.17) is 0 Å². The van der Waals surface area contributed by atoms with Crippen molar-refractivity contribution >= 4 is 17.1 Å². The standard InChI is InChI=1S/C11H7O3/c12-6-10-9-5-8(13)3-1-7(9)2-4-11(10)14/h1-6,14H. The smallest absolute Gasteiger partial charge is 0.179 e. The van der Waals surface area contributed by atoms with E-state index in [-0.39, 0.29) is 17.1 Å². The van der Waals surface area contributed by atoms with Crippen molar-refractivity contribution < 1.29 is 15.0 Å². The SMILES string of the molecule is [O]c1ccc2ccc(O)c(C=O)c2c1. The Labute approximate surface area is 80.2 Å². The molecular weight excluding hydrogens is 180 g/mol. The lowest BCUT2D eigenvalue weighted by atomic mass is 10.0. The fourth-order valence-corrected chi connectivity index (χ4v) is 1.43. The molecule has 0 aliphatic carbocycles. The molecule has 0 amide bonds. The first-order valence-electron chi connectivity index (χ1n) is 4.10. The molecule has 3 heteroatoms. The second-order valence-electron chi connectivity index (χ2n) is 3.00. The number of carbonyl (C=O) groups is 1. The number of hydrogen-bond acceptors (Lipinski definition) is 2. The van der Waals surface area contributed by atoms with Crippen molar-refractivity contribution in [3.8, 4) is 11.5 Å². The van der Waals surface area contributed by atoms with Gasteiger partial charge < -0.3 is 5.11 Å². The maximum absolute atomic E-state index is 11.1. The third-order valence-electron chi connectivity index (χ3n) is 2.13. The molecule has 0 unspecified atom stereocenters. The van der Waals surface area contributed by atoms with Gasteiger partial charge in [-0.1, -0.05) is 12.1 Å². The van der Waals surface area contributed by atoms with Gasteiger partial charge in [0.05, 0.1) is 5.56 Å². The van der Waals surface area contributed by atoms with Crippen molar-refractivity contribution in [2.45, 2.75) is 0 Å². The van der Waals surface area contributed by atoms with Crippen LogP contribution in [0.1, 0.15) is 10.4 Å². The molecule has 0 atom stereocenters. The summed E-state index contributed by atoms with van der Waals surface area (Å²) < 4.78 is 0. The Balaban J connectivity index is 2.91. The van der Waals surface area contributed by atoms with E-state index in [0.717, 1.165) is 5.39 Å². The number of phenols is 1. The highest BCUT2D eigenvalue weighted by Crippen LogP contribution is 2.28. The molecule has 0 aliphatic rings. The molecule has 2 aromatic carbocycles. The number of rotatable bonds is 1. The lowest BCUT2D eigenvalue weighted by Crippen LogP contribution is -1.84. The minimum atomic E-state index is -0.175. The molecule has 2 aromatic rings. The summed E-state index contributed by atoms with van der Waals surface area (Å²) in [4.78, 5) is 10.7. The van der Waals surface area contributed by atoms with E-state index in [2.05, 4.69) is 0 Å². The molecule has 0 heterocycles. The highest BCUT2D eigenvalue weighted by Gasteiger charge is 2.06. The van der Waals surface area contributed by atoms with Gasteiger partial charge in [0.2, 0.25) is 0 Å². The van der Waals surface area contributed by atoms with Gasteiger partial charge in [-0.25, -0.2) is 0 Å². The minimum Gasteiger partial charge on any atom is -0.507 e. The Morgan fingerprint density at radius 1 is 1.14 bits per heavy atom. The van der Waals surface area contributed by atoms with Crippen LogP contribution in [-0.4, -0.2) is 11.4 Å². The first-order chi connectivity index (χ1) is 6.72. The van der Waals surface area contributed by atoms with Crippen molar-refractivity contribution in [3.05, 3.63) is 35.9 Å². The quantitative estimate of drug-likeness (QED) is 0.697. The number of phenolic OH excluding ortho intramolecular Hbond substituents is 1. The Kier molecular flexibility index (Phi) is 1.85. The number of aromatic hydroxyl groups is 1. The zero-order valence-corrected chi connectivity index (χ0v) is 7.23. The monoisotopic (exact) mass is 187 g/mol. The predicted molar refractivity (Wildman–Crippen MR) is 51.1 cm³/mol. The van der Waals surface area contributed by atoms with E-state index < -0.39 is 0 Å². The molecule has 0 saturated heterocycles. The van der Waals surface area contributed by atoms with Crippen LogP contribution in [0.5, 0.6) is 11.5 Å². The molecule has 1 N–H and O–H groups in total. The molecule has 0 spiro atoms. The van der Waals surface area contributed by atoms with Gasteiger partial charge in [0, 0.05) is 0 Å². The van der Waals surface area contributed by atoms with Gasteiger partial charge in [0.25, 0.3) is 0 Å². The fraction of sp³-hybridized carbons (Fsp3) is 0. The van der Waals surface area contributed by atoms with Gasteiger partial charge in [-0.2, -0.15) is 0 Å². The summed E-state index contributed by atoms with van der Waals surface area (Å²) in [7, 11) is 0. The van der Waals surface area contributed by atoms with Gasteiger partial charge in [0.1, 0.15) is 5.75 Å². The van der Waals surface area contributed by atoms with Crippen LogP contribution in [0.25, 0.3) is 10.8 Å². The number of aldehydes is 1. The summed E-state index contributed by atoms with van der Waals surface area (Å²) in [5.74, 6) is -0.274. The largest absolute Gasteiger partial charge is 0.507 e. The summed E-state index contributed by atoms with van der Waals surface area (Å²) in [6.07, 6.45) is 0.553. The van der Waals surface area contributed by atoms with E-state index in [1.165, 1.54) is 18.2 Å². The molecule has 0 bridgehead atoms. The Bertz CT molecular complexity index is 498. The number of fused-ring (bicyclic) bond motifs is 1. The third kappa shape index (κ3) is 1.19.